The molecule has 3 N–H and O–H groups in total. The number of rotatable bonds is 6. The Bertz CT molecular complexity index is 550. The van der Waals surface area contributed by atoms with Crippen LogP contribution in [-0.4, -0.2) is 30.7 Å². The molecule has 1 saturated carbocycles. The molecule has 2 rings (SSSR count). The van der Waals surface area contributed by atoms with Crippen molar-refractivity contribution in [1.82, 2.24) is 20.2 Å². The van der Waals surface area contributed by atoms with Gasteiger partial charge in [0.1, 0.15) is 0 Å². The highest BCUT2D eigenvalue weighted by Crippen LogP contribution is 2.31. The van der Waals surface area contributed by atoms with E-state index in [1.165, 1.54) is 0 Å². The summed E-state index contributed by atoms with van der Waals surface area (Å²) in [6.07, 6.45) is 0.905. The molecule has 1 heterocycles. The molecule has 2 unspecified atom stereocenters. The van der Waals surface area contributed by atoms with E-state index in [9.17, 15) is 8.42 Å². The van der Waals surface area contributed by atoms with E-state index in [0.717, 1.165) is 17.7 Å². The van der Waals surface area contributed by atoms with Gasteiger partial charge in [-0.1, -0.05) is 20.8 Å². The van der Waals surface area contributed by atoms with Gasteiger partial charge in [-0.15, -0.1) is 0 Å². The second kappa shape index (κ2) is 5.22. The van der Waals surface area contributed by atoms with Crippen LogP contribution in [0, 0.1) is 12.8 Å². The molecule has 0 aliphatic heterocycles. The Hall–Kier alpha value is -0.920. The SMILES string of the molecule is Cc1[nH]nc(S(=O)(=O)NC2CC2C)c1CNC(C)C. The zero-order valence-corrected chi connectivity index (χ0v) is 12.6. The topological polar surface area (TPSA) is 86.9 Å². The minimum atomic E-state index is -3.52. The van der Waals surface area contributed by atoms with Crippen molar-refractivity contribution in [3.8, 4) is 0 Å². The summed E-state index contributed by atoms with van der Waals surface area (Å²) in [5, 5.41) is 10.1. The van der Waals surface area contributed by atoms with E-state index >= 15 is 0 Å². The first kappa shape index (κ1) is 14.5. The molecule has 1 aliphatic carbocycles. The molecule has 6 nitrogen and oxygen atoms in total. The number of aromatic amines is 1. The smallest absolute Gasteiger partial charge is 0.260 e. The Kier molecular flexibility index (Phi) is 3.98. The fourth-order valence-corrected chi connectivity index (χ4v) is 3.46. The Morgan fingerprint density at radius 2 is 2.11 bits per heavy atom. The molecule has 0 saturated heterocycles. The standard InChI is InChI=1S/C12H22N4O2S/c1-7(2)13-6-10-9(4)14-15-12(10)19(17,18)16-11-5-8(11)3/h7-8,11,13,16H,5-6H2,1-4H3,(H,14,15). The van der Waals surface area contributed by atoms with Gasteiger partial charge in [0.25, 0.3) is 10.0 Å². The normalized spacial score (nSPS) is 23.0. The van der Waals surface area contributed by atoms with Gasteiger partial charge in [0.2, 0.25) is 0 Å². The maximum atomic E-state index is 12.3. The van der Waals surface area contributed by atoms with Gasteiger partial charge in [-0.25, -0.2) is 13.1 Å². The molecule has 0 aromatic carbocycles. The Labute approximate surface area is 114 Å². The first-order valence-electron chi connectivity index (χ1n) is 6.61. The highest BCUT2D eigenvalue weighted by molar-refractivity contribution is 7.89. The van der Waals surface area contributed by atoms with E-state index in [1.807, 2.05) is 27.7 Å². The van der Waals surface area contributed by atoms with Crippen LogP contribution in [0.2, 0.25) is 0 Å². The number of sulfonamides is 1. The molecule has 0 bridgehead atoms. The van der Waals surface area contributed by atoms with Crippen molar-refractivity contribution >= 4 is 10.0 Å². The summed E-state index contributed by atoms with van der Waals surface area (Å²) in [6, 6.07) is 0.356. The van der Waals surface area contributed by atoms with Gasteiger partial charge >= 0.3 is 0 Å². The molecule has 1 aliphatic rings. The number of aromatic nitrogens is 2. The summed E-state index contributed by atoms with van der Waals surface area (Å²) in [5.74, 6) is 0.423. The predicted molar refractivity (Wildman–Crippen MR) is 73.2 cm³/mol. The molecule has 0 radical (unpaired) electrons. The van der Waals surface area contributed by atoms with Crippen molar-refractivity contribution in [1.29, 1.82) is 0 Å². The third-order valence-corrected chi connectivity index (χ3v) is 4.85. The van der Waals surface area contributed by atoms with Crippen LogP contribution in [0.1, 0.15) is 38.4 Å². The zero-order chi connectivity index (χ0) is 14.2. The lowest BCUT2D eigenvalue weighted by Gasteiger charge is -2.10. The lowest BCUT2D eigenvalue weighted by atomic mass is 10.2. The predicted octanol–water partition coefficient (Wildman–Crippen LogP) is 0.903. The third kappa shape index (κ3) is 3.34. The summed E-state index contributed by atoms with van der Waals surface area (Å²) >= 11 is 0. The lowest BCUT2D eigenvalue weighted by Crippen LogP contribution is -2.29. The van der Waals surface area contributed by atoms with Crippen molar-refractivity contribution in [2.75, 3.05) is 0 Å². The van der Waals surface area contributed by atoms with E-state index in [0.29, 0.717) is 18.5 Å². The quantitative estimate of drug-likeness (QED) is 0.725. The molecule has 1 aromatic rings. The zero-order valence-electron chi connectivity index (χ0n) is 11.8. The average molecular weight is 286 g/mol. The van der Waals surface area contributed by atoms with Gasteiger partial charge < -0.3 is 5.32 Å². The summed E-state index contributed by atoms with van der Waals surface area (Å²) in [4.78, 5) is 0. The molecule has 0 amide bonds. The molecule has 2 atom stereocenters. The number of hydrogen-bond acceptors (Lipinski definition) is 4. The highest BCUT2D eigenvalue weighted by Gasteiger charge is 2.38. The van der Waals surface area contributed by atoms with E-state index < -0.39 is 10.0 Å². The van der Waals surface area contributed by atoms with Crippen molar-refractivity contribution in [2.45, 2.75) is 57.8 Å². The van der Waals surface area contributed by atoms with Gasteiger partial charge in [0.15, 0.2) is 5.03 Å². The number of hydrogen-bond donors (Lipinski definition) is 3. The number of nitrogens with zero attached hydrogens (tertiary/aromatic N) is 1. The van der Waals surface area contributed by atoms with Crippen LogP contribution in [-0.2, 0) is 16.6 Å². The van der Waals surface area contributed by atoms with Crippen molar-refractivity contribution in [2.24, 2.45) is 5.92 Å². The molecular formula is C12H22N4O2S. The second-order valence-electron chi connectivity index (χ2n) is 5.61. The van der Waals surface area contributed by atoms with Gasteiger partial charge in [0.05, 0.1) is 0 Å². The van der Waals surface area contributed by atoms with Crippen LogP contribution in [0.3, 0.4) is 0 Å². The summed E-state index contributed by atoms with van der Waals surface area (Å²) < 4.78 is 27.3. The van der Waals surface area contributed by atoms with E-state index in [1.54, 1.807) is 0 Å². The number of nitrogens with one attached hydrogen (secondary N) is 3. The first-order chi connectivity index (χ1) is 8.81. The van der Waals surface area contributed by atoms with E-state index in [2.05, 4.69) is 20.2 Å². The van der Waals surface area contributed by atoms with Crippen molar-refractivity contribution < 1.29 is 8.42 Å². The van der Waals surface area contributed by atoms with Crippen LogP contribution in [0.5, 0.6) is 0 Å². The van der Waals surface area contributed by atoms with Gasteiger partial charge in [-0.05, 0) is 19.3 Å². The fraction of sp³-hybridized carbons (Fsp3) is 0.750. The van der Waals surface area contributed by atoms with Crippen LogP contribution >= 0.6 is 0 Å². The van der Waals surface area contributed by atoms with Gasteiger partial charge in [-0.3, -0.25) is 5.10 Å². The molecule has 1 aromatic heterocycles. The maximum Gasteiger partial charge on any atom is 0.260 e. The minimum Gasteiger partial charge on any atom is -0.310 e. The number of H-pyrrole nitrogens is 1. The summed E-state index contributed by atoms with van der Waals surface area (Å²) in [6.45, 7) is 8.41. The van der Waals surface area contributed by atoms with Gasteiger partial charge in [-0.2, -0.15) is 5.10 Å². The second-order valence-corrected chi connectivity index (χ2v) is 7.24. The van der Waals surface area contributed by atoms with E-state index in [4.69, 9.17) is 0 Å². The van der Waals surface area contributed by atoms with E-state index in [-0.39, 0.29) is 11.1 Å². The third-order valence-electron chi connectivity index (χ3n) is 3.39. The monoisotopic (exact) mass is 286 g/mol. The van der Waals surface area contributed by atoms with Gasteiger partial charge in [0, 0.05) is 29.9 Å². The molecule has 7 heteroatoms. The highest BCUT2D eigenvalue weighted by atomic mass is 32.2. The first-order valence-corrected chi connectivity index (χ1v) is 8.09. The minimum absolute atomic E-state index is 0.0629. The average Bonchev–Trinajstić information content (AvgIpc) is 2.83. The molecule has 19 heavy (non-hydrogen) atoms. The Balaban J connectivity index is 2.19. The van der Waals surface area contributed by atoms with Crippen LogP contribution in [0.4, 0.5) is 0 Å². The van der Waals surface area contributed by atoms with Crippen molar-refractivity contribution in [3.63, 3.8) is 0 Å². The lowest BCUT2D eigenvalue weighted by molar-refractivity contribution is 0.562. The number of aryl methyl sites for hydroxylation is 1. The van der Waals surface area contributed by atoms with Crippen molar-refractivity contribution in [3.05, 3.63) is 11.3 Å². The summed E-state index contributed by atoms with van der Waals surface area (Å²) in [7, 11) is -3.52. The summed E-state index contributed by atoms with van der Waals surface area (Å²) in [5.41, 5.74) is 1.51. The van der Waals surface area contributed by atoms with Crippen LogP contribution < -0.4 is 10.0 Å². The van der Waals surface area contributed by atoms with Crippen LogP contribution in [0.25, 0.3) is 0 Å². The maximum absolute atomic E-state index is 12.3. The molecule has 1 fully saturated rings. The fourth-order valence-electron chi connectivity index (χ4n) is 1.91. The largest absolute Gasteiger partial charge is 0.310 e. The Morgan fingerprint density at radius 1 is 1.47 bits per heavy atom. The molecule has 108 valence electrons. The molecule has 0 spiro atoms. The molecular weight excluding hydrogens is 264 g/mol. The van der Waals surface area contributed by atoms with Crippen LogP contribution in [0.15, 0.2) is 5.03 Å². The Morgan fingerprint density at radius 3 is 2.63 bits per heavy atom.